The van der Waals surface area contributed by atoms with E-state index in [1.54, 1.807) is 0 Å². The lowest BCUT2D eigenvalue weighted by Crippen LogP contribution is -2.48. The summed E-state index contributed by atoms with van der Waals surface area (Å²) in [6.45, 7) is 4.29. The molecule has 1 fully saturated rings. The van der Waals surface area contributed by atoms with Crippen LogP contribution in [-0.2, 0) is 6.42 Å². The monoisotopic (exact) mass is 333 g/mol. The number of benzene rings is 1. The second-order valence-electron chi connectivity index (χ2n) is 7.35. The molecule has 0 unspecified atom stereocenters. The molecule has 1 spiro atoms. The Kier molecular flexibility index (Phi) is 3.35. The van der Waals surface area contributed by atoms with E-state index >= 15 is 0 Å². The highest BCUT2D eigenvalue weighted by Crippen LogP contribution is 2.40. The normalized spacial score (nSPS) is 18.9. The summed E-state index contributed by atoms with van der Waals surface area (Å²) in [6, 6.07) is 10.9. The molecule has 1 aromatic carbocycles. The summed E-state index contributed by atoms with van der Waals surface area (Å²) in [7, 11) is 0. The minimum Gasteiger partial charge on any atom is -0.487 e. The van der Waals surface area contributed by atoms with Gasteiger partial charge in [-0.15, -0.1) is 0 Å². The maximum absolute atomic E-state index is 6.48. The van der Waals surface area contributed by atoms with Gasteiger partial charge < -0.3 is 14.5 Å². The first kappa shape index (κ1) is 15.0. The molecule has 5 rings (SSSR count). The van der Waals surface area contributed by atoms with E-state index in [9.17, 15) is 0 Å². The van der Waals surface area contributed by atoms with E-state index in [1.165, 1.54) is 22.4 Å². The Balaban J connectivity index is 1.51. The molecule has 4 heterocycles. The average Bonchev–Trinajstić information content (AvgIpc) is 3.12. The van der Waals surface area contributed by atoms with E-state index in [1.807, 2.05) is 12.4 Å². The van der Waals surface area contributed by atoms with Gasteiger partial charge in [0.1, 0.15) is 17.0 Å². The summed E-state index contributed by atoms with van der Waals surface area (Å²) >= 11 is 0. The van der Waals surface area contributed by atoms with Crippen LogP contribution in [0.2, 0.25) is 0 Å². The van der Waals surface area contributed by atoms with Crippen LogP contribution in [-0.4, -0.2) is 28.1 Å². The topological polar surface area (TPSA) is 38.6 Å². The molecule has 0 atom stereocenters. The molecule has 4 heteroatoms. The highest BCUT2D eigenvalue weighted by Gasteiger charge is 2.37. The first-order valence-electron chi connectivity index (χ1n) is 9.20. The molecule has 128 valence electrons. The van der Waals surface area contributed by atoms with Gasteiger partial charge in [0.05, 0.1) is 0 Å². The van der Waals surface area contributed by atoms with Gasteiger partial charge in [-0.25, -0.2) is 4.98 Å². The third kappa shape index (κ3) is 2.44. The zero-order valence-electron chi connectivity index (χ0n) is 14.6. The summed E-state index contributed by atoms with van der Waals surface area (Å²) in [5, 5.41) is 3.44. The molecule has 0 saturated carbocycles. The van der Waals surface area contributed by atoms with Gasteiger partial charge >= 0.3 is 0 Å². The van der Waals surface area contributed by atoms with Crippen molar-refractivity contribution in [3.05, 3.63) is 54.0 Å². The van der Waals surface area contributed by atoms with Crippen molar-refractivity contribution in [2.24, 2.45) is 0 Å². The molecule has 25 heavy (non-hydrogen) atoms. The Labute approximate surface area is 147 Å². The molecule has 2 aliphatic rings. The Morgan fingerprint density at radius 2 is 2.00 bits per heavy atom. The van der Waals surface area contributed by atoms with Gasteiger partial charge in [0.15, 0.2) is 0 Å². The summed E-state index contributed by atoms with van der Waals surface area (Å²) in [6.07, 6.45) is 8.34. The highest BCUT2D eigenvalue weighted by molar-refractivity contribution is 5.70. The molecule has 4 nitrogen and oxygen atoms in total. The standard InChI is InChI=1S/C21H23N3O/c1-15-18(3-5-20-23-12-13-24(15)20)16-2-4-19-17(14-16)6-7-21(25-19)8-10-22-11-9-21/h2-5,12-14,22H,6-11H2,1H3. The van der Waals surface area contributed by atoms with Gasteiger partial charge in [0, 0.05) is 23.7 Å². The van der Waals surface area contributed by atoms with Crippen LogP contribution < -0.4 is 10.1 Å². The highest BCUT2D eigenvalue weighted by atomic mass is 16.5. The fourth-order valence-electron chi connectivity index (χ4n) is 4.36. The average molecular weight is 333 g/mol. The number of imidazole rings is 1. The van der Waals surface area contributed by atoms with Crippen molar-refractivity contribution < 1.29 is 4.74 Å². The van der Waals surface area contributed by atoms with Gasteiger partial charge in [0.25, 0.3) is 0 Å². The van der Waals surface area contributed by atoms with Crippen molar-refractivity contribution in [3.8, 4) is 16.9 Å². The second kappa shape index (κ2) is 5.60. The van der Waals surface area contributed by atoms with E-state index in [0.717, 1.165) is 50.2 Å². The van der Waals surface area contributed by atoms with Gasteiger partial charge in [-0.2, -0.15) is 0 Å². The Morgan fingerprint density at radius 3 is 2.88 bits per heavy atom. The number of hydrogen-bond donors (Lipinski definition) is 1. The lowest BCUT2D eigenvalue weighted by molar-refractivity contribution is 0.0170. The number of nitrogens with zero attached hydrogens (tertiary/aromatic N) is 2. The van der Waals surface area contributed by atoms with E-state index in [0.29, 0.717) is 0 Å². The number of piperidine rings is 1. The van der Waals surface area contributed by atoms with Crippen molar-refractivity contribution in [2.75, 3.05) is 13.1 Å². The van der Waals surface area contributed by atoms with Gasteiger partial charge in [-0.1, -0.05) is 6.07 Å². The number of ether oxygens (including phenoxy) is 1. The summed E-state index contributed by atoms with van der Waals surface area (Å²) in [5.74, 6) is 1.08. The van der Waals surface area contributed by atoms with Crippen LogP contribution in [0.4, 0.5) is 0 Å². The fraction of sp³-hybridized carbons (Fsp3) is 0.381. The van der Waals surface area contributed by atoms with Gasteiger partial charge in [-0.05, 0) is 81.1 Å². The van der Waals surface area contributed by atoms with Crippen molar-refractivity contribution in [3.63, 3.8) is 0 Å². The van der Waals surface area contributed by atoms with Crippen LogP contribution >= 0.6 is 0 Å². The number of aromatic nitrogens is 2. The Bertz CT molecular complexity index is 937. The van der Waals surface area contributed by atoms with Crippen LogP contribution in [0.3, 0.4) is 0 Å². The van der Waals surface area contributed by atoms with Crippen molar-refractivity contribution in [1.29, 1.82) is 0 Å². The molecule has 0 radical (unpaired) electrons. The van der Waals surface area contributed by atoms with Crippen LogP contribution in [0, 0.1) is 6.92 Å². The third-order valence-corrected chi connectivity index (χ3v) is 5.88. The van der Waals surface area contributed by atoms with Crippen LogP contribution in [0.5, 0.6) is 5.75 Å². The number of hydrogen-bond acceptors (Lipinski definition) is 3. The predicted octanol–water partition coefficient (Wildman–Crippen LogP) is 3.76. The Hall–Kier alpha value is -2.33. The van der Waals surface area contributed by atoms with E-state index in [-0.39, 0.29) is 5.60 Å². The van der Waals surface area contributed by atoms with Gasteiger partial charge in [0.2, 0.25) is 0 Å². The molecular formula is C21H23N3O. The number of aryl methyl sites for hydroxylation is 2. The zero-order chi connectivity index (χ0) is 16.9. The van der Waals surface area contributed by atoms with E-state index in [2.05, 4.69) is 52.0 Å². The van der Waals surface area contributed by atoms with Crippen molar-refractivity contribution >= 4 is 5.65 Å². The minimum atomic E-state index is 0.0609. The number of fused-ring (bicyclic) bond motifs is 2. The smallest absolute Gasteiger partial charge is 0.136 e. The summed E-state index contributed by atoms with van der Waals surface area (Å²) in [5.41, 5.74) is 6.14. The molecule has 0 aliphatic carbocycles. The Morgan fingerprint density at radius 1 is 1.12 bits per heavy atom. The maximum atomic E-state index is 6.48. The SMILES string of the molecule is Cc1c(-c2ccc3c(c2)CCC2(CCNCC2)O3)ccc2nccn12. The van der Waals surface area contributed by atoms with E-state index < -0.39 is 0 Å². The molecule has 3 aromatic rings. The number of rotatable bonds is 1. The quantitative estimate of drug-likeness (QED) is 0.737. The largest absolute Gasteiger partial charge is 0.487 e. The molecule has 2 aliphatic heterocycles. The lowest BCUT2D eigenvalue weighted by atomic mass is 9.83. The minimum absolute atomic E-state index is 0.0609. The maximum Gasteiger partial charge on any atom is 0.136 e. The second-order valence-corrected chi connectivity index (χ2v) is 7.35. The molecule has 2 aromatic heterocycles. The van der Waals surface area contributed by atoms with Crippen LogP contribution in [0.25, 0.3) is 16.8 Å². The van der Waals surface area contributed by atoms with Crippen LogP contribution in [0.1, 0.15) is 30.5 Å². The predicted molar refractivity (Wildman–Crippen MR) is 99.1 cm³/mol. The first-order chi connectivity index (χ1) is 12.2. The summed E-state index contributed by atoms with van der Waals surface area (Å²) in [4.78, 5) is 4.37. The molecular weight excluding hydrogens is 310 g/mol. The number of nitrogens with one attached hydrogen (secondary N) is 1. The fourth-order valence-corrected chi connectivity index (χ4v) is 4.36. The third-order valence-electron chi connectivity index (χ3n) is 5.88. The van der Waals surface area contributed by atoms with Crippen molar-refractivity contribution in [2.45, 2.75) is 38.2 Å². The molecule has 1 saturated heterocycles. The lowest BCUT2D eigenvalue weighted by Gasteiger charge is -2.41. The van der Waals surface area contributed by atoms with Gasteiger partial charge in [-0.3, -0.25) is 0 Å². The summed E-state index contributed by atoms with van der Waals surface area (Å²) < 4.78 is 8.63. The molecule has 0 amide bonds. The molecule has 1 N–H and O–H groups in total. The molecule has 0 bridgehead atoms. The van der Waals surface area contributed by atoms with E-state index in [4.69, 9.17) is 4.74 Å². The van der Waals surface area contributed by atoms with Crippen LogP contribution in [0.15, 0.2) is 42.7 Å². The van der Waals surface area contributed by atoms with Crippen molar-refractivity contribution in [1.82, 2.24) is 14.7 Å². The number of pyridine rings is 1. The first-order valence-corrected chi connectivity index (χ1v) is 9.20. The zero-order valence-corrected chi connectivity index (χ0v) is 14.6.